The number of hydrogen-bond acceptors (Lipinski definition) is 4. The van der Waals surface area contributed by atoms with Crippen LogP contribution in [-0.4, -0.2) is 43.3 Å². The highest BCUT2D eigenvalue weighted by Gasteiger charge is 2.33. The number of rotatable bonds is 9. The number of hydrogen-bond donors (Lipinski definition) is 1. The summed E-state index contributed by atoms with van der Waals surface area (Å²) in [7, 11) is -4.08. The van der Waals surface area contributed by atoms with E-state index in [9.17, 15) is 18.0 Å². The van der Waals surface area contributed by atoms with Crippen molar-refractivity contribution in [3.05, 3.63) is 95.6 Å². The van der Waals surface area contributed by atoms with Gasteiger partial charge in [-0.3, -0.25) is 13.9 Å². The van der Waals surface area contributed by atoms with E-state index in [1.54, 1.807) is 31.2 Å². The van der Waals surface area contributed by atoms with Gasteiger partial charge in [0, 0.05) is 12.1 Å². The number of sulfonamides is 1. The van der Waals surface area contributed by atoms with E-state index in [-0.39, 0.29) is 17.3 Å². The Hall–Kier alpha value is -3.65. The van der Waals surface area contributed by atoms with Crippen LogP contribution in [0.2, 0.25) is 0 Å². The summed E-state index contributed by atoms with van der Waals surface area (Å²) in [4.78, 5) is 28.6. The van der Waals surface area contributed by atoms with Crippen molar-refractivity contribution in [2.45, 2.75) is 64.6 Å². The lowest BCUT2D eigenvalue weighted by molar-refractivity contribution is -0.140. The Morgan fingerprint density at radius 3 is 2.05 bits per heavy atom. The molecule has 3 rings (SSSR count). The van der Waals surface area contributed by atoms with Crippen LogP contribution in [0.5, 0.6) is 0 Å². The number of nitrogens with one attached hydrogen (secondary N) is 1. The normalized spacial score (nSPS) is 12.5. The molecule has 0 fully saturated rings. The van der Waals surface area contributed by atoms with Crippen LogP contribution in [0.25, 0.3) is 0 Å². The SMILES string of the molecule is Cc1ccc(C)c(N(CC(=O)N(Cc2ccccc2)[C@@H](C)C(=O)NC(C)(C)C)S(=O)(=O)c2ccccc2)c1. The zero-order chi connectivity index (χ0) is 28.1. The number of carbonyl (C=O) groups excluding carboxylic acids is 2. The molecule has 0 saturated heterocycles. The van der Waals surface area contributed by atoms with Gasteiger partial charge in [0.1, 0.15) is 12.6 Å². The predicted octanol–water partition coefficient (Wildman–Crippen LogP) is 4.83. The first-order valence-electron chi connectivity index (χ1n) is 12.6. The van der Waals surface area contributed by atoms with Gasteiger partial charge in [-0.15, -0.1) is 0 Å². The van der Waals surface area contributed by atoms with E-state index in [1.165, 1.54) is 17.0 Å². The van der Waals surface area contributed by atoms with Crippen molar-refractivity contribution in [3.8, 4) is 0 Å². The van der Waals surface area contributed by atoms with E-state index in [4.69, 9.17) is 0 Å². The van der Waals surface area contributed by atoms with Gasteiger partial charge >= 0.3 is 0 Å². The van der Waals surface area contributed by atoms with Crippen LogP contribution < -0.4 is 9.62 Å². The molecule has 7 nitrogen and oxygen atoms in total. The first-order valence-corrected chi connectivity index (χ1v) is 14.0. The highest BCUT2D eigenvalue weighted by molar-refractivity contribution is 7.92. The molecule has 202 valence electrons. The maximum absolute atomic E-state index is 14.0. The van der Waals surface area contributed by atoms with Crippen molar-refractivity contribution in [1.82, 2.24) is 10.2 Å². The summed E-state index contributed by atoms with van der Waals surface area (Å²) >= 11 is 0. The van der Waals surface area contributed by atoms with Gasteiger partial charge < -0.3 is 10.2 Å². The number of aryl methyl sites for hydroxylation is 2. The van der Waals surface area contributed by atoms with Gasteiger partial charge in [0.15, 0.2) is 0 Å². The van der Waals surface area contributed by atoms with Gasteiger partial charge in [0.2, 0.25) is 11.8 Å². The Kier molecular flexibility index (Phi) is 8.99. The molecule has 0 spiro atoms. The standard InChI is InChI=1S/C30H37N3O4S/c1-22-17-18-23(2)27(19-22)33(38(36,37)26-15-11-8-12-16-26)21-28(34)32(20-25-13-9-7-10-14-25)24(3)29(35)31-30(4,5)6/h7-19,24H,20-21H2,1-6H3,(H,31,35)/t24-/m0/s1. The van der Waals surface area contributed by atoms with Crippen LogP contribution in [0.1, 0.15) is 44.4 Å². The highest BCUT2D eigenvalue weighted by Crippen LogP contribution is 2.28. The van der Waals surface area contributed by atoms with Gasteiger partial charge in [0.25, 0.3) is 10.0 Å². The van der Waals surface area contributed by atoms with Crippen LogP contribution in [0, 0.1) is 13.8 Å². The molecule has 3 aromatic carbocycles. The molecule has 3 aromatic rings. The molecule has 0 aromatic heterocycles. The molecule has 0 aliphatic rings. The van der Waals surface area contributed by atoms with Gasteiger partial charge in [-0.1, -0.05) is 60.7 Å². The lowest BCUT2D eigenvalue weighted by Crippen LogP contribution is -2.54. The molecule has 2 amide bonds. The maximum atomic E-state index is 14.0. The predicted molar refractivity (Wildman–Crippen MR) is 151 cm³/mol. The number of benzene rings is 3. The van der Waals surface area contributed by atoms with Crippen molar-refractivity contribution in [2.75, 3.05) is 10.8 Å². The van der Waals surface area contributed by atoms with E-state index in [2.05, 4.69) is 5.32 Å². The first-order chi connectivity index (χ1) is 17.8. The third-order valence-corrected chi connectivity index (χ3v) is 7.88. The van der Waals surface area contributed by atoms with Crippen LogP contribution >= 0.6 is 0 Å². The zero-order valence-corrected chi connectivity index (χ0v) is 23.7. The summed E-state index contributed by atoms with van der Waals surface area (Å²) in [6, 6.07) is 22.1. The van der Waals surface area contributed by atoms with E-state index < -0.39 is 34.1 Å². The summed E-state index contributed by atoms with van der Waals surface area (Å²) in [5, 5.41) is 2.93. The monoisotopic (exact) mass is 535 g/mol. The summed E-state index contributed by atoms with van der Waals surface area (Å²) in [6.45, 7) is 10.7. The highest BCUT2D eigenvalue weighted by atomic mass is 32.2. The Labute approximate surface area is 226 Å². The van der Waals surface area contributed by atoms with Crippen LogP contribution in [-0.2, 0) is 26.2 Å². The molecule has 0 radical (unpaired) electrons. The zero-order valence-electron chi connectivity index (χ0n) is 22.9. The van der Waals surface area contributed by atoms with Gasteiger partial charge in [-0.2, -0.15) is 0 Å². The van der Waals surface area contributed by atoms with E-state index >= 15 is 0 Å². The van der Waals surface area contributed by atoms with Crippen LogP contribution in [0.4, 0.5) is 5.69 Å². The topological polar surface area (TPSA) is 86.8 Å². The second-order valence-corrected chi connectivity index (χ2v) is 12.4. The molecule has 0 aliphatic heterocycles. The quantitative estimate of drug-likeness (QED) is 0.425. The summed E-state index contributed by atoms with van der Waals surface area (Å²) in [6.07, 6.45) is 0. The molecule has 0 saturated carbocycles. The Bertz CT molecular complexity index is 1370. The van der Waals surface area contributed by atoms with E-state index in [1.807, 2.05) is 77.1 Å². The van der Waals surface area contributed by atoms with Gasteiger partial charge in [0.05, 0.1) is 10.6 Å². The van der Waals surface area contributed by atoms with Crippen molar-refractivity contribution in [1.29, 1.82) is 0 Å². The Morgan fingerprint density at radius 1 is 0.895 bits per heavy atom. The lowest BCUT2D eigenvalue weighted by Gasteiger charge is -2.34. The fraction of sp³-hybridized carbons (Fsp3) is 0.333. The van der Waals surface area contributed by atoms with E-state index in [0.717, 1.165) is 21.0 Å². The van der Waals surface area contributed by atoms with Crippen molar-refractivity contribution in [2.24, 2.45) is 0 Å². The average molecular weight is 536 g/mol. The summed E-state index contributed by atoms with van der Waals surface area (Å²) in [5.41, 5.74) is 2.35. The van der Waals surface area contributed by atoms with Crippen molar-refractivity contribution < 1.29 is 18.0 Å². The summed E-state index contributed by atoms with van der Waals surface area (Å²) < 4.78 is 28.9. The first kappa shape index (κ1) is 28.9. The van der Waals surface area contributed by atoms with Gasteiger partial charge in [-0.25, -0.2) is 8.42 Å². The molecule has 0 heterocycles. The van der Waals surface area contributed by atoms with Gasteiger partial charge in [-0.05, 0) is 76.4 Å². The molecule has 1 atom stereocenters. The fourth-order valence-corrected chi connectivity index (χ4v) is 5.55. The minimum Gasteiger partial charge on any atom is -0.350 e. The second kappa shape index (κ2) is 11.8. The number of carbonyl (C=O) groups is 2. The fourth-order valence-electron chi connectivity index (χ4n) is 4.06. The molecule has 0 bridgehead atoms. The molecule has 0 aliphatic carbocycles. The molecule has 1 N–H and O–H groups in total. The second-order valence-electron chi connectivity index (χ2n) is 10.5. The maximum Gasteiger partial charge on any atom is 0.264 e. The van der Waals surface area contributed by atoms with Crippen molar-refractivity contribution >= 4 is 27.5 Å². The smallest absolute Gasteiger partial charge is 0.264 e. The Morgan fingerprint density at radius 2 is 1.47 bits per heavy atom. The van der Waals surface area contributed by atoms with Crippen LogP contribution in [0.15, 0.2) is 83.8 Å². The third kappa shape index (κ3) is 7.22. The molecule has 0 unspecified atom stereocenters. The molecule has 38 heavy (non-hydrogen) atoms. The third-order valence-electron chi connectivity index (χ3n) is 6.10. The number of nitrogens with zero attached hydrogens (tertiary/aromatic N) is 2. The largest absolute Gasteiger partial charge is 0.350 e. The van der Waals surface area contributed by atoms with Crippen molar-refractivity contribution in [3.63, 3.8) is 0 Å². The minimum absolute atomic E-state index is 0.0850. The lowest BCUT2D eigenvalue weighted by atomic mass is 10.1. The average Bonchev–Trinajstić information content (AvgIpc) is 2.87. The molecule has 8 heteroatoms. The Balaban J connectivity index is 2.06. The summed E-state index contributed by atoms with van der Waals surface area (Å²) in [5.74, 6) is -0.795. The minimum atomic E-state index is -4.08. The van der Waals surface area contributed by atoms with Crippen LogP contribution in [0.3, 0.4) is 0 Å². The van der Waals surface area contributed by atoms with E-state index in [0.29, 0.717) is 5.69 Å². The number of anilines is 1. The molecular weight excluding hydrogens is 498 g/mol. The molecular formula is C30H37N3O4S. The number of amides is 2.